The van der Waals surface area contributed by atoms with Crippen molar-refractivity contribution < 1.29 is 4.42 Å². The van der Waals surface area contributed by atoms with Crippen molar-refractivity contribution in [1.82, 2.24) is 4.57 Å². The van der Waals surface area contributed by atoms with Gasteiger partial charge in [-0.25, -0.2) is 0 Å². The highest BCUT2D eigenvalue weighted by molar-refractivity contribution is 14.1. The summed E-state index contributed by atoms with van der Waals surface area (Å²) in [5.74, 6) is 0.391. The van der Waals surface area contributed by atoms with Crippen LogP contribution in [0.2, 0.25) is 0 Å². The minimum Gasteiger partial charge on any atom is -0.455 e. The molecule has 2 nitrogen and oxygen atoms in total. The first-order valence-electron chi connectivity index (χ1n) is 9.23. The van der Waals surface area contributed by atoms with Gasteiger partial charge in [0, 0.05) is 31.2 Å². The van der Waals surface area contributed by atoms with Gasteiger partial charge in [0.1, 0.15) is 11.2 Å². The lowest BCUT2D eigenvalue weighted by Crippen LogP contribution is -2.09. The van der Waals surface area contributed by atoms with E-state index in [1.54, 1.807) is 0 Å². The maximum absolute atomic E-state index is 6.40. The van der Waals surface area contributed by atoms with Crippen LogP contribution in [0.4, 0.5) is 0 Å². The molecule has 2 atom stereocenters. The van der Waals surface area contributed by atoms with Crippen LogP contribution in [-0.2, 0) is 0 Å². The Kier molecular flexibility index (Phi) is 2.60. The first kappa shape index (κ1) is 14.5. The maximum Gasteiger partial charge on any atom is 0.145 e. The molecule has 0 bridgehead atoms. The van der Waals surface area contributed by atoms with Gasteiger partial charge in [0.05, 0.1) is 16.9 Å². The number of halogens is 1. The molecule has 2 unspecified atom stereocenters. The zero-order chi connectivity index (χ0) is 17.7. The van der Waals surface area contributed by atoms with Gasteiger partial charge >= 0.3 is 0 Å². The third kappa shape index (κ3) is 1.67. The molecular weight excluding hydrogens is 445 g/mol. The molecule has 0 radical (unpaired) electrons. The molecule has 5 aromatic rings. The van der Waals surface area contributed by atoms with E-state index in [1.807, 2.05) is 6.07 Å². The third-order valence-electron chi connectivity index (χ3n) is 6.16. The molecule has 0 amide bonds. The van der Waals surface area contributed by atoms with Gasteiger partial charge in [-0.1, -0.05) is 54.6 Å². The molecule has 7 rings (SSSR count). The quantitative estimate of drug-likeness (QED) is 0.224. The van der Waals surface area contributed by atoms with Gasteiger partial charge in [-0.2, -0.15) is 0 Å². The number of furan rings is 1. The Morgan fingerprint density at radius 3 is 2.67 bits per heavy atom. The number of hydrogen-bond acceptors (Lipinski definition) is 1. The van der Waals surface area contributed by atoms with Crippen LogP contribution in [-0.4, -0.2) is 4.57 Å². The average molecular weight is 459 g/mol. The zero-order valence-electron chi connectivity index (χ0n) is 14.3. The van der Waals surface area contributed by atoms with E-state index < -0.39 is 0 Å². The van der Waals surface area contributed by atoms with Crippen LogP contribution in [0.15, 0.2) is 80.8 Å². The Labute approximate surface area is 168 Å². The zero-order valence-corrected chi connectivity index (χ0v) is 16.5. The fourth-order valence-electron chi connectivity index (χ4n) is 5.12. The molecule has 3 heteroatoms. The standard InChI is InChI=1S/C24H14INO/c25-13-9-10-20-16(11-13)17-12-18-14-5-2-4-8-21(14)27-24(18)22-15-6-1-3-7-19(15)26(20)23(17)22/h1-12,16,20H. The molecule has 1 aliphatic heterocycles. The van der Waals surface area contributed by atoms with Gasteiger partial charge in [0.25, 0.3) is 0 Å². The lowest BCUT2D eigenvalue weighted by atomic mass is 9.89. The molecule has 3 heterocycles. The molecule has 27 heavy (non-hydrogen) atoms. The molecule has 0 saturated heterocycles. The van der Waals surface area contributed by atoms with Crippen LogP contribution in [0.25, 0.3) is 43.7 Å². The summed E-state index contributed by atoms with van der Waals surface area (Å²) in [4.78, 5) is 0. The van der Waals surface area contributed by atoms with Gasteiger partial charge in [-0.05, 0) is 46.4 Å². The number of nitrogens with zero attached hydrogens (tertiary/aromatic N) is 1. The summed E-state index contributed by atoms with van der Waals surface area (Å²) in [7, 11) is 0. The van der Waals surface area contributed by atoms with Crippen LogP contribution < -0.4 is 0 Å². The number of rotatable bonds is 0. The largest absolute Gasteiger partial charge is 0.455 e. The number of benzene rings is 3. The monoisotopic (exact) mass is 459 g/mol. The Hall–Kier alpha value is -2.53. The lowest BCUT2D eigenvalue weighted by molar-refractivity contribution is 0.615. The Bertz CT molecular complexity index is 1500. The summed E-state index contributed by atoms with van der Waals surface area (Å²) in [6, 6.07) is 19.9. The van der Waals surface area contributed by atoms with Crippen LogP contribution in [0, 0.1) is 0 Å². The van der Waals surface area contributed by atoms with E-state index in [0.717, 1.165) is 11.2 Å². The fraction of sp³-hybridized carbons (Fsp3) is 0.0833. The molecule has 0 fully saturated rings. The summed E-state index contributed by atoms with van der Waals surface area (Å²) in [5.41, 5.74) is 6.04. The van der Waals surface area contributed by atoms with Gasteiger partial charge in [0.15, 0.2) is 0 Å². The van der Waals surface area contributed by atoms with Gasteiger partial charge in [0.2, 0.25) is 0 Å². The highest BCUT2D eigenvalue weighted by Crippen LogP contribution is 2.53. The average Bonchev–Trinajstić information content (AvgIpc) is 3.33. The maximum atomic E-state index is 6.40. The van der Waals surface area contributed by atoms with Crippen LogP contribution >= 0.6 is 22.6 Å². The molecule has 3 aromatic carbocycles. The smallest absolute Gasteiger partial charge is 0.145 e. The Morgan fingerprint density at radius 2 is 1.74 bits per heavy atom. The first-order valence-corrected chi connectivity index (χ1v) is 10.3. The van der Waals surface area contributed by atoms with Gasteiger partial charge in [-0.15, -0.1) is 0 Å². The molecular formula is C24H14INO. The predicted octanol–water partition coefficient (Wildman–Crippen LogP) is 7.22. The highest BCUT2D eigenvalue weighted by atomic mass is 127. The molecule has 2 aromatic heterocycles. The summed E-state index contributed by atoms with van der Waals surface area (Å²) in [6.07, 6.45) is 7.02. The Balaban J connectivity index is 1.79. The van der Waals surface area contributed by atoms with Crippen molar-refractivity contribution in [1.29, 1.82) is 0 Å². The summed E-state index contributed by atoms with van der Waals surface area (Å²) >= 11 is 2.43. The van der Waals surface area contributed by atoms with Crippen LogP contribution in [0.5, 0.6) is 0 Å². The SMILES string of the molecule is IC1=CC2c3cc4c5ccccc5oc4c4c5ccccc5n(c34)C2C=C1. The molecule has 128 valence electrons. The number of para-hydroxylation sites is 2. The van der Waals surface area contributed by atoms with Gasteiger partial charge in [-0.3, -0.25) is 0 Å². The third-order valence-corrected chi connectivity index (χ3v) is 6.88. The fourth-order valence-corrected chi connectivity index (χ4v) is 5.71. The van der Waals surface area contributed by atoms with Crippen molar-refractivity contribution in [3.05, 3.63) is 82.0 Å². The Morgan fingerprint density at radius 1 is 0.926 bits per heavy atom. The van der Waals surface area contributed by atoms with Gasteiger partial charge < -0.3 is 8.98 Å². The summed E-state index contributed by atoms with van der Waals surface area (Å²) in [5, 5.41) is 4.99. The number of fused-ring (bicyclic) bond motifs is 10. The minimum absolute atomic E-state index is 0.346. The van der Waals surface area contributed by atoms with E-state index in [2.05, 4.69) is 93.9 Å². The van der Waals surface area contributed by atoms with E-state index in [0.29, 0.717) is 12.0 Å². The van der Waals surface area contributed by atoms with Crippen molar-refractivity contribution in [3.63, 3.8) is 0 Å². The normalized spacial score (nSPS) is 20.9. The summed E-state index contributed by atoms with van der Waals surface area (Å²) in [6.45, 7) is 0. The van der Waals surface area contributed by atoms with Crippen molar-refractivity contribution in [2.24, 2.45) is 0 Å². The lowest BCUT2D eigenvalue weighted by Gasteiger charge is -2.21. The van der Waals surface area contributed by atoms with Crippen molar-refractivity contribution in [3.8, 4) is 0 Å². The van der Waals surface area contributed by atoms with E-state index in [-0.39, 0.29) is 0 Å². The van der Waals surface area contributed by atoms with Crippen molar-refractivity contribution >= 4 is 66.3 Å². The van der Waals surface area contributed by atoms with E-state index in [4.69, 9.17) is 4.42 Å². The molecule has 1 aliphatic carbocycles. The van der Waals surface area contributed by atoms with E-state index in [9.17, 15) is 0 Å². The second kappa shape index (κ2) is 4.84. The predicted molar refractivity (Wildman–Crippen MR) is 120 cm³/mol. The minimum atomic E-state index is 0.346. The molecule has 0 spiro atoms. The number of allylic oxidation sites excluding steroid dienone is 4. The summed E-state index contributed by atoms with van der Waals surface area (Å²) < 4.78 is 10.2. The molecule has 0 N–H and O–H groups in total. The van der Waals surface area contributed by atoms with Crippen LogP contribution in [0.1, 0.15) is 17.5 Å². The first-order chi connectivity index (χ1) is 13.3. The van der Waals surface area contributed by atoms with Crippen molar-refractivity contribution in [2.45, 2.75) is 12.0 Å². The van der Waals surface area contributed by atoms with E-state index >= 15 is 0 Å². The van der Waals surface area contributed by atoms with E-state index in [1.165, 1.54) is 41.7 Å². The highest BCUT2D eigenvalue weighted by Gasteiger charge is 2.36. The molecule has 0 saturated carbocycles. The van der Waals surface area contributed by atoms with Crippen molar-refractivity contribution in [2.75, 3.05) is 0 Å². The topological polar surface area (TPSA) is 18.1 Å². The second-order valence-corrected chi connectivity index (χ2v) is 8.72. The molecule has 2 aliphatic rings. The number of hydrogen-bond donors (Lipinski definition) is 0. The van der Waals surface area contributed by atoms with Crippen LogP contribution in [0.3, 0.4) is 0 Å². The second-order valence-electron chi connectivity index (χ2n) is 7.48. The number of aromatic nitrogens is 1.